The Hall–Kier alpha value is -2.65. The Labute approximate surface area is 191 Å². The van der Waals surface area contributed by atoms with Crippen LogP contribution < -0.4 is 9.60 Å². The van der Waals surface area contributed by atoms with Gasteiger partial charge in [0.15, 0.2) is 0 Å². The van der Waals surface area contributed by atoms with Crippen LogP contribution in [0.1, 0.15) is 36.8 Å². The van der Waals surface area contributed by atoms with Gasteiger partial charge in [-0.1, -0.05) is 17.4 Å². The van der Waals surface area contributed by atoms with E-state index in [-0.39, 0.29) is 22.1 Å². The molecule has 7 nitrogen and oxygen atoms in total. The predicted molar refractivity (Wildman–Crippen MR) is 128 cm³/mol. The van der Waals surface area contributed by atoms with E-state index in [0.717, 1.165) is 54.8 Å². The molecule has 0 saturated carbocycles. The number of nitrogens with one attached hydrogen (secondary N) is 1. The molecule has 1 fully saturated rings. The molecule has 0 aliphatic carbocycles. The summed E-state index contributed by atoms with van der Waals surface area (Å²) >= 11 is 0.998. The van der Waals surface area contributed by atoms with Crippen molar-refractivity contribution in [2.24, 2.45) is 0 Å². The molecule has 3 aromatic rings. The number of aryl methyl sites for hydroxylation is 3. The lowest BCUT2D eigenvalue weighted by molar-refractivity contribution is -0.132. The van der Waals surface area contributed by atoms with Crippen LogP contribution >= 0.6 is 11.3 Å². The van der Waals surface area contributed by atoms with Gasteiger partial charge < -0.3 is 4.90 Å². The van der Waals surface area contributed by atoms with Crippen LogP contribution in [0, 0.1) is 13.8 Å². The number of fused-ring (bicyclic) bond motifs is 1. The van der Waals surface area contributed by atoms with Gasteiger partial charge in [0, 0.05) is 31.7 Å². The summed E-state index contributed by atoms with van der Waals surface area (Å²) in [4.78, 5) is 26.8. The molecule has 2 aromatic carbocycles. The number of carbonyl (C=O) groups is 1. The first kappa shape index (κ1) is 22.5. The van der Waals surface area contributed by atoms with Crippen LogP contribution in [-0.4, -0.2) is 36.9 Å². The van der Waals surface area contributed by atoms with Gasteiger partial charge in [-0.25, -0.2) is 8.42 Å². The number of rotatable bonds is 6. The van der Waals surface area contributed by atoms with Gasteiger partial charge in [-0.05, 0) is 74.6 Å². The summed E-state index contributed by atoms with van der Waals surface area (Å²) < 4.78 is 30.6. The SMILES string of the molecule is Cc1cc(C)cc(NS(=O)(=O)c2ccc3c(c2)sc(=O)n3CCC(=O)N2CCCCC2)c1. The number of hydrogen-bond acceptors (Lipinski definition) is 5. The molecule has 1 aromatic heterocycles. The Bertz CT molecular complexity index is 1300. The van der Waals surface area contributed by atoms with Gasteiger partial charge in [0.2, 0.25) is 5.91 Å². The average molecular weight is 474 g/mol. The number of sulfonamides is 1. The number of aromatic nitrogens is 1. The van der Waals surface area contributed by atoms with E-state index < -0.39 is 10.0 Å². The third-order valence-corrected chi connectivity index (χ3v) is 8.00. The van der Waals surface area contributed by atoms with Crippen LogP contribution in [0.4, 0.5) is 5.69 Å². The first-order valence-electron chi connectivity index (χ1n) is 10.8. The van der Waals surface area contributed by atoms with Crippen molar-refractivity contribution < 1.29 is 13.2 Å². The standard InChI is InChI=1S/C23H27N3O4S2/c1-16-12-17(2)14-18(13-16)24-32(29,30)19-6-7-20-21(15-19)31-23(28)26(20)11-8-22(27)25-9-4-3-5-10-25/h6-7,12-15,24H,3-5,8-11H2,1-2H3. The molecule has 0 radical (unpaired) electrons. The van der Waals surface area contributed by atoms with Crippen molar-refractivity contribution in [3.05, 3.63) is 57.2 Å². The highest BCUT2D eigenvalue weighted by molar-refractivity contribution is 7.92. The molecule has 0 spiro atoms. The molecule has 0 unspecified atom stereocenters. The molecular formula is C23H27N3O4S2. The van der Waals surface area contributed by atoms with Gasteiger partial charge in [0.25, 0.3) is 10.0 Å². The minimum Gasteiger partial charge on any atom is -0.343 e. The largest absolute Gasteiger partial charge is 0.343 e. The molecule has 4 rings (SSSR count). The Morgan fingerprint density at radius 2 is 1.72 bits per heavy atom. The number of carbonyl (C=O) groups excluding carboxylic acids is 1. The highest BCUT2D eigenvalue weighted by atomic mass is 32.2. The maximum atomic E-state index is 12.9. The fourth-order valence-corrected chi connectivity index (χ4v) is 6.28. The van der Waals surface area contributed by atoms with E-state index in [0.29, 0.717) is 22.4 Å². The van der Waals surface area contributed by atoms with Crippen molar-refractivity contribution in [3.8, 4) is 0 Å². The van der Waals surface area contributed by atoms with Crippen LogP contribution in [0.25, 0.3) is 10.2 Å². The predicted octanol–water partition coefficient (Wildman–Crippen LogP) is 3.88. The van der Waals surface area contributed by atoms with Gasteiger partial charge in [-0.15, -0.1) is 0 Å². The number of anilines is 1. The number of benzene rings is 2. The van der Waals surface area contributed by atoms with Crippen LogP contribution in [0.15, 0.2) is 46.1 Å². The second kappa shape index (κ2) is 9.07. The Morgan fingerprint density at radius 3 is 2.41 bits per heavy atom. The van der Waals surface area contributed by atoms with Crippen LogP contribution in [0.3, 0.4) is 0 Å². The van der Waals surface area contributed by atoms with E-state index in [9.17, 15) is 18.0 Å². The zero-order valence-electron chi connectivity index (χ0n) is 18.3. The molecule has 170 valence electrons. The molecule has 1 saturated heterocycles. The normalized spacial score (nSPS) is 14.6. The fraction of sp³-hybridized carbons (Fsp3) is 0.391. The summed E-state index contributed by atoms with van der Waals surface area (Å²) in [6, 6.07) is 10.2. The molecule has 0 atom stereocenters. The summed E-state index contributed by atoms with van der Waals surface area (Å²) in [7, 11) is -3.80. The van der Waals surface area contributed by atoms with Crippen molar-refractivity contribution in [1.82, 2.24) is 9.47 Å². The van der Waals surface area contributed by atoms with E-state index in [1.165, 1.54) is 12.1 Å². The second-order valence-electron chi connectivity index (χ2n) is 8.32. The molecule has 32 heavy (non-hydrogen) atoms. The third kappa shape index (κ3) is 4.88. The molecule has 9 heteroatoms. The summed E-state index contributed by atoms with van der Waals surface area (Å²) in [6.07, 6.45) is 3.48. The first-order valence-corrected chi connectivity index (χ1v) is 13.1. The minimum absolute atomic E-state index is 0.0628. The van der Waals surface area contributed by atoms with Crippen molar-refractivity contribution in [2.45, 2.75) is 51.0 Å². The van der Waals surface area contributed by atoms with Gasteiger partial charge >= 0.3 is 4.87 Å². The molecular weight excluding hydrogens is 446 g/mol. The molecule has 1 amide bonds. The number of likely N-dealkylation sites (tertiary alicyclic amines) is 1. The lowest BCUT2D eigenvalue weighted by atomic mass is 10.1. The summed E-state index contributed by atoms with van der Waals surface area (Å²) in [5.41, 5.74) is 3.08. The Kier molecular flexibility index (Phi) is 6.39. The van der Waals surface area contributed by atoms with E-state index in [4.69, 9.17) is 0 Å². The average Bonchev–Trinajstić information content (AvgIpc) is 3.05. The summed E-state index contributed by atoms with van der Waals surface area (Å²) in [5.74, 6) is 0.0628. The molecule has 0 bridgehead atoms. The highest BCUT2D eigenvalue weighted by Crippen LogP contribution is 2.25. The minimum atomic E-state index is -3.80. The van der Waals surface area contributed by atoms with Crippen LogP contribution in [0.2, 0.25) is 0 Å². The van der Waals surface area contributed by atoms with Gasteiger partial charge in [-0.2, -0.15) is 0 Å². The summed E-state index contributed by atoms with van der Waals surface area (Å²) in [6.45, 7) is 5.68. The van der Waals surface area contributed by atoms with Crippen LogP contribution in [-0.2, 0) is 21.4 Å². The zero-order valence-corrected chi connectivity index (χ0v) is 19.9. The van der Waals surface area contributed by atoms with E-state index in [1.54, 1.807) is 22.8 Å². The van der Waals surface area contributed by atoms with Crippen LogP contribution in [0.5, 0.6) is 0 Å². The molecule has 1 N–H and O–H groups in total. The van der Waals surface area contributed by atoms with Gasteiger partial charge in [0.1, 0.15) is 0 Å². The van der Waals surface area contributed by atoms with Gasteiger partial charge in [0.05, 0.1) is 15.1 Å². The monoisotopic (exact) mass is 473 g/mol. The zero-order chi connectivity index (χ0) is 22.9. The Balaban J connectivity index is 1.54. The molecule has 1 aliphatic heterocycles. The third-order valence-electron chi connectivity index (χ3n) is 5.68. The maximum absolute atomic E-state index is 12.9. The van der Waals surface area contributed by atoms with Crippen molar-refractivity contribution in [2.75, 3.05) is 17.8 Å². The lowest BCUT2D eigenvalue weighted by Gasteiger charge is -2.26. The highest BCUT2D eigenvalue weighted by Gasteiger charge is 2.19. The van der Waals surface area contributed by atoms with Gasteiger partial charge in [-0.3, -0.25) is 18.9 Å². The van der Waals surface area contributed by atoms with Crippen molar-refractivity contribution in [1.29, 1.82) is 0 Å². The number of hydrogen-bond donors (Lipinski definition) is 1. The number of nitrogens with zero attached hydrogens (tertiary/aromatic N) is 2. The number of piperidine rings is 1. The maximum Gasteiger partial charge on any atom is 0.308 e. The van der Waals surface area contributed by atoms with E-state index >= 15 is 0 Å². The molecule has 1 aliphatic rings. The van der Waals surface area contributed by atoms with E-state index in [2.05, 4.69) is 4.72 Å². The van der Waals surface area contributed by atoms with E-state index in [1.807, 2.05) is 24.8 Å². The quantitative estimate of drug-likeness (QED) is 0.588. The lowest BCUT2D eigenvalue weighted by Crippen LogP contribution is -2.36. The van der Waals surface area contributed by atoms with Crippen molar-refractivity contribution in [3.63, 3.8) is 0 Å². The molecule has 2 heterocycles. The number of amides is 1. The first-order chi connectivity index (χ1) is 15.2. The topological polar surface area (TPSA) is 88.5 Å². The second-order valence-corrected chi connectivity index (χ2v) is 11.0. The fourth-order valence-electron chi connectivity index (χ4n) is 4.18. The van der Waals surface area contributed by atoms with Crippen molar-refractivity contribution >= 4 is 43.2 Å². The smallest absolute Gasteiger partial charge is 0.308 e. The summed E-state index contributed by atoms with van der Waals surface area (Å²) in [5, 5.41) is 0. The number of thiazole rings is 1. The Morgan fingerprint density at radius 1 is 1.03 bits per heavy atom.